The maximum absolute atomic E-state index is 12.5. The molecule has 1 saturated carbocycles. The van der Waals surface area contributed by atoms with E-state index in [9.17, 15) is 10.1 Å². The van der Waals surface area contributed by atoms with Crippen molar-refractivity contribution in [1.29, 1.82) is 5.26 Å². The molecular weight excluding hydrogens is 310 g/mol. The van der Waals surface area contributed by atoms with Crippen molar-refractivity contribution < 1.29 is 10.1 Å². The van der Waals surface area contributed by atoms with Gasteiger partial charge in [-0.25, -0.2) is 0 Å². The summed E-state index contributed by atoms with van der Waals surface area (Å²) in [6, 6.07) is 9.82. The third-order valence-electron chi connectivity index (χ3n) is 4.67. The minimum absolute atomic E-state index is 0.0765. The first-order chi connectivity index (χ1) is 11.0. The third kappa shape index (κ3) is 4.46. The topological polar surface area (TPSA) is 69.5 Å². The molecule has 4 nitrogen and oxygen atoms in total. The van der Waals surface area contributed by atoms with Crippen LogP contribution in [-0.2, 0) is 4.79 Å². The summed E-state index contributed by atoms with van der Waals surface area (Å²) in [6.07, 6.45) is 4.65. The average molecular weight is 335 g/mol. The zero-order valence-corrected chi connectivity index (χ0v) is 14.6. The molecule has 1 aliphatic carbocycles. The first-order valence-electron chi connectivity index (χ1n) is 8.30. The molecule has 5 heteroatoms. The fourth-order valence-electron chi connectivity index (χ4n) is 3.24. The maximum atomic E-state index is 12.5. The van der Waals surface area contributed by atoms with Crippen LogP contribution in [0.4, 0.5) is 0 Å². The highest BCUT2D eigenvalue weighted by atomic mass is 35.5. The molecule has 124 valence electrons. The smallest absolute Gasteiger partial charge is 0.279 e. The number of halogens is 1. The Kier molecular flexibility index (Phi) is 6.04. The van der Waals surface area contributed by atoms with E-state index in [-0.39, 0.29) is 18.0 Å². The van der Waals surface area contributed by atoms with Gasteiger partial charge in [0.05, 0.1) is 6.07 Å². The Morgan fingerprint density at radius 1 is 1.30 bits per heavy atom. The molecule has 0 spiro atoms. The van der Waals surface area contributed by atoms with E-state index in [1.54, 1.807) is 0 Å². The molecule has 0 saturated heterocycles. The second kappa shape index (κ2) is 7.81. The highest BCUT2D eigenvalue weighted by Crippen LogP contribution is 2.27. The highest BCUT2D eigenvalue weighted by Gasteiger charge is 2.35. The molecule has 0 heterocycles. The van der Waals surface area contributed by atoms with Gasteiger partial charge >= 0.3 is 0 Å². The second-order valence-electron chi connectivity index (χ2n) is 6.54. The van der Waals surface area contributed by atoms with Crippen LogP contribution in [0.2, 0.25) is 5.02 Å². The molecule has 0 radical (unpaired) electrons. The Hall–Kier alpha value is -1.57. The number of nitrogens with two attached hydrogens (primary N) is 1. The zero-order chi connectivity index (χ0) is 16.9. The Morgan fingerprint density at radius 3 is 2.57 bits per heavy atom. The first kappa shape index (κ1) is 17.8. The number of quaternary nitrogens is 1. The van der Waals surface area contributed by atoms with Crippen LogP contribution in [0.25, 0.3) is 0 Å². The average Bonchev–Trinajstić information content (AvgIpc) is 2.55. The van der Waals surface area contributed by atoms with Gasteiger partial charge in [0.2, 0.25) is 0 Å². The lowest BCUT2D eigenvalue weighted by molar-refractivity contribution is -0.710. The Bertz CT molecular complexity index is 590. The fraction of sp³-hybridized carbons (Fsp3) is 0.556. The summed E-state index contributed by atoms with van der Waals surface area (Å²) in [6.45, 7) is 3.91. The van der Waals surface area contributed by atoms with Crippen LogP contribution in [0.15, 0.2) is 24.3 Å². The molecule has 0 bridgehead atoms. The van der Waals surface area contributed by atoms with Crippen molar-refractivity contribution in [2.45, 2.75) is 63.6 Å². The largest absolute Gasteiger partial charge is 0.333 e. The number of hydrogen-bond acceptors (Lipinski definition) is 2. The van der Waals surface area contributed by atoms with E-state index < -0.39 is 5.54 Å². The molecular formula is C18H25ClN3O+. The molecule has 1 fully saturated rings. The van der Waals surface area contributed by atoms with Crippen molar-refractivity contribution in [2.24, 2.45) is 0 Å². The van der Waals surface area contributed by atoms with E-state index in [2.05, 4.69) is 11.4 Å². The molecule has 0 aliphatic heterocycles. The Labute approximate surface area is 143 Å². The lowest BCUT2D eigenvalue weighted by Crippen LogP contribution is -2.92. The minimum atomic E-state index is -0.676. The summed E-state index contributed by atoms with van der Waals surface area (Å²) < 4.78 is 0. The maximum Gasteiger partial charge on any atom is 0.279 e. The van der Waals surface area contributed by atoms with Gasteiger partial charge < -0.3 is 10.6 Å². The quantitative estimate of drug-likeness (QED) is 0.869. The van der Waals surface area contributed by atoms with Gasteiger partial charge in [-0.2, -0.15) is 5.26 Å². The number of hydrogen-bond donors (Lipinski definition) is 2. The van der Waals surface area contributed by atoms with Crippen LogP contribution in [-0.4, -0.2) is 17.5 Å². The fourth-order valence-corrected chi connectivity index (χ4v) is 3.55. The summed E-state index contributed by atoms with van der Waals surface area (Å²) in [5, 5.41) is 15.2. The predicted octanol–water partition coefficient (Wildman–Crippen LogP) is 2.70. The number of amides is 1. The van der Waals surface area contributed by atoms with Crippen molar-refractivity contribution in [3.8, 4) is 6.07 Å². The number of carbonyl (C=O) groups is 1. The standard InChI is InChI=1S/C18H24ClN3O/c1-13(15-8-4-5-9-16(15)19)21-14(2)17(23)22-18(12-20)10-6-3-7-11-18/h4-5,8-9,13-14,21H,3,6-7,10-11H2,1-2H3,(H,22,23)/p+1/t13-,14+/m0/s1. The molecule has 0 unspecified atom stereocenters. The molecule has 1 aromatic carbocycles. The molecule has 23 heavy (non-hydrogen) atoms. The van der Waals surface area contributed by atoms with E-state index in [1.165, 1.54) is 0 Å². The van der Waals surface area contributed by atoms with E-state index in [0.29, 0.717) is 5.02 Å². The molecule has 1 aliphatic rings. The van der Waals surface area contributed by atoms with Gasteiger partial charge in [-0.3, -0.25) is 4.79 Å². The Balaban J connectivity index is 1.97. The molecule has 1 aromatic rings. The number of benzene rings is 1. The number of nitriles is 1. The summed E-state index contributed by atoms with van der Waals surface area (Å²) in [7, 11) is 0. The van der Waals surface area contributed by atoms with E-state index in [4.69, 9.17) is 11.6 Å². The van der Waals surface area contributed by atoms with Gasteiger partial charge in [0, 0.05) is 10.6 Å². The van der Waals surface area contributed by atoms with Gasteiger partial charge in [0.25, 0.3) is 5.91 Å². The van der Waals surface area contributed by atoms with Crippen molar-refractivity contribution in [1.82, 2.24) is 5.32 Å². The molecule has 2 rings (SSSR count). The summed E-state index contributed by atoms with van der Waals surface area (Å²) >= 11 is 6.22. The number of carbonyl (C=O) groups excluding carboxylic acids is 1. The monoisotopic (exact) mass is 334 g/mol. The minimum Gasteiger partial charge on any atom is -0.333 e. The van der Waals surface area contributed by atoms with E-state index in [1.807, 2.05) is 43.4 Å². The Morgan fingerprint density at radius 2 is 1.96 bits per heavy atom. The second-order valence-corrected chi connectivity index (χ2v) is 6.94. The van der Waals surface area contributed by atoms with Gasteiger partial charge in [-0.1, -0.05) is 49.1 Å². The number of nitrogens with zero attached hydrogens (tertiary/aromatic N) is 1. The normalized spacial score (nSPS) is 19.4. The van der Waals surface area contributed by atoms with Crippen LogP contribution in [0, 0.1) is 11.3 Å². The van der Waals surface area contributed by atoms with Gasteiger partial charge in [0.1, 0.15) is 11.6 Å². The van der Waals surface area contributed by atoms with Crippen LogP contribution in [0.3, 0.4) is 0 Å². The lowest BCUT2D eigenvalue weighted by Gasteiger charge is -2.32. The highest BCUT2D eigenvalue weighted by molar-refractivity contribution is 6.31. The van der Waals surface area contributed by atoms with E-state index >= 15 is 0 Å². The van der Waals surface area contributed by atoms with Gasteiger partial charge in [0.15, 0.2) is 6.04 Å². The van der Waals surface area contributed by atoms with Crippen molar-refractivity contribution in [3.63, 3.8) is 0 Å². The van der Waals surface area contributed by atoms with Crippen molar-refractivity contribution in [2.75, 3.05) is 0 Å². The predicted molar refractivity (Wildman–Crippen MR) is 90.8 cm³/mol. The lowest BCUT2D eigenvalue weighted by atomic mass is 9.82. The van der Waals surface area contributed by atoms with Crippen LogP contribution >= 0.6 is 11.6 Å². The molecule has 3 N–H and O–H groups in total. The van der Waals surface area contributed by atoms with E-state index in [0.717, 1.165) is 37.7 Å². The van der Waals surface area contributed by atoms with Crippen molar-refractivity contribution in [3.05, 3.63) is 34.9 Å². The van der Waals surface area contributed by atoms with Crippen molar-refractivity contribution >= 4 is 17.5 Å². The van der Waals surface area contributed by atoms with Crippen LogP contribution in [0.5, 0.6) is 0 Å². The third-order valence-corrected chi connectivity index (χ3v) is 5.01. The number of nitrogens with one attached hydrogen (secondary N) is 1. The first-order valence-corrected chi connectivity index (χ1v) is 8.68. The van der Waals surface area contributed by atoms with Gasteiger partial charge in [-0.05, 0) is 32.8 Å². The zero-order valence-electron chi connectivity index (χ0n) is 13.8. The molecule has 1 amide bonds. The van der Waals surface area contributed by atoms with Crippen LogP contribution in [0.1, 0.15) is 57.6 Å². The molecule has 2 atom stereocenters. The van der Waals surface area contributed by atoms with Gasteiger partial charge in [-0.15, -0.1) is 0 Å². The molecule has 0 aromatic heterocycles. The summed E-state index contributed by atoms with van der Waals surface area (Å²) in [5.74, 6) is -0.0765. The van der Waals surface area contributed by atoms with Crippen LogP contribution < -0.4 is 10.6 Å². The number of rotatable bonds is 5. The summed E-state index contributed by atoms with van der Waals surface area (Å²) in [5.41, 5.74) is 0.340. The summed E-state index contributed by atoms with van der Waals surface area (Å²) in [4.78, 5) is 12.5. The SMILES string of the molecule is C[C@H]([NH2+][C@H](C)C(=O)NC1(C#N)CCCCC1)c1ccccc1Cl.